The third-order valence-corrected chi connectivity index (χ3v) is 6.63. The van der Waals surface area contributed by atoms with Gasteiger partial charge in [0, 0.05) is 15.4 Å². The number of ketones is 1. The summed E-state index contributed by atoms with van der Waals surface area (Å²) in [5.74, 6) is -1.79. The van der Waals surface area contributed by atoms with Gasteiger partial charge < -0.3 is 14.6 Å². The molecule has 5 nitrogen and oxygen atoms in total. The van der Waals surface area contributed by atoms with Crippen molar-refractivity contribution < 1.29 is 24.2 Å². The second kappa shape index (κ2) is 8.64. The third-order valence-electron chi connectivity index (χ3n) is 5.07. The van der Waals surface area contributed by atoms with Crippen LogP contribution in [0.2, 0.25) is 5.02 Å². The number of benzene rings is 2. The quantitative estimate of drug-likeness (QED) is 0.612. The Labute approximate surface area is 176 Å². The molecule has 1 aliphatic rings. The van der Waals surface area contributed by atoms with Crippen LogP contribution in [0.5, 0.6) is 5.75 Å². The maximum absolute atomic E-state index is 13.1. The van der Waals surface area contributed by atoms with Gasteiger partial charge in [-0.1, -0.05) is 46.6 Å². The van der Waals surface area contributed by atoms with Crippen molar-refractivity contribution >= 4 is 39.3 Å². The molecule has 1 N–H and O–H groups in total. The summed E-state index contributed by atoms with van der Waals surface area (Å²) in [6.45, 7) is 1.93. The number of carbonyl (C=O) groups excluding carboxylic acids is 1. The number of aliphatic carboxylic acids is 1. The zero-order valence-corrected chi connectivity index (χ0v) is 17.7. The van der Waals surface area contributed by atoms with E-state index in [0.29, 0.717) is 16.3 Å². The number of methoxy groups -OCH3 is 1. The third kappa shape index (κ3) is 4.09. The molecule has 1 aliphatic carbocycles. The number of halogens is 2. The standard InChI is InChI=1S/C21H20BrClO5/c1-11-17(19(24)15-8-5-13(23)9-16(15)18(11)22)20(21(25)26)28-10-12-3-6-14(27-2)7-4-12/h3-9,11,17-18,20H,10H2,1-2H3,(H,25,26). The molecule has 2 aromatic carbocycles. The molecular weight excluding hydrogens is 448 g/mol. The zero-order chi connectivity index (χ0) is 20.4. The lowest BCUT2D eigenvalue weighted by atomic mass is 9.73. The van der Waals surface area contributed by atoms with Gasteiger partial charge in [0.1, 0.15) is 5.75 Å². The summed E-state index contributed by atoms with van der Waals surface area (Å²) < 4.78 is 10.8. The van der Waals surface area contributed by atoms with Gasteiger partial charge in [-0.25, -0.2) is 4.79 Å². The number of alkyl halides is 1. The Kier molecular flexibility index (Phi) is 6.43. The van der Waals surface area contributed by atoms with Crippen LogP contribution in [0.25, 0.3) is 0 Å². The Morgan fingerprint density at radius 1 is 1.25 bits per heavy atom. The van der Waals surface area contributed by atoms with E-state index in [-0.39, 0.29) is 23.1 Å². The van der Waals surface area contributed by atoms with Gasteiger partial charge in [0.2, 0.25) is 0 Å². The van der Waals surface area contributed by atoms with E-state index in [1.807, 2.05) is 6.92 Å². The predicted octanol–water partition coefficient (Wildman–Crippen LogP) is 4.90. The lowest BCUT2D eigenvalue weighted by Crippen LogP contribution is -2.44. The first-order valence-electron chi connectivity index (χ1n) is 8.78. The second-order valence-electron chi connectivity index (χ2n) is 6.80. The zero-order valence-electron chi connectivity index (χ0n) is 15.4. The minimum absolute atomic E-state index is 0.0812. The minimum atomic E-state index is -1.26. The molecule has 3 rings (SSSR count). The fourth-order valence-corrected chi connectivity index (χ4v) is 4.41. The molecule has 0 radical (unpaired) electrons. The second-order valence-corrected chi connectivity index (χ2v) is 8.22. The van der Waals surface area contributed by atoms with E-state index >= 15 is 0 Å². The van der Waals surface area contributed by atoms with Gasteiger partial charge in [-0.05, 0) is 47.4 Å². The highest BCUT2D eigenvalue weighted by Crippen LogP contribution is 2.45. The highest BCUT2D eigenvalue weighted by atomic mass is 79.9. The van der Waals surface area contributed by atoms with Gasteiger partial charge in [-0.2, -0.15) is 0 Å². The highest BCUT2D eigenvalue weighted by molar-refractivity contribution is 9.09. The van der Waals surface area contributed by atoms with Crippen LogP contribution in [0.3, 0.4) is 0 Å². The predicted molar refractivity (Wildman–Crippen MR) is 109 cm³/mol. The number of carboxylic acids is 1. The van der Waals surface area contributed by atoms with Crippen molar-refractivity contribution in [3.63, 3.8) is 0 Å². The molecule has 4 unspecified atom stereocenters. The van der Waals surface area contributed by atoms with Crippen LogP contribution in [0, 0.1) is 11.8 Å². The fraction of sp³-hybridized carbons (Fsp3) is 0.333. The van der Waals surface area contributed by atoms with Crippen LogP contribution in [0.15, 0.2) is 42.5 Å². The van der Waals surface area contributed by atoms with E-state index in [9.17, 15) is 14.7 Å². The minimum Gasteiger partial charge on any atom is -0.497 e. The Morgan fingerprint density at radius 2 is 1.93 bits per heavy atom. The van der Waals surface area contributed by atoms with E-state index in [1.165, 1.54) is 0 Å². The molecule has 0 spiro atoms. The summed E-state index contributed by atoms with van der Waals surface area (Å²) in [5.41, 5.74) is 2.06. The average molecular weight is 468 g/mol. The molecule has 0 amide bonds. The highest BCUT2D eigenvalue weighted by Gasteiger charge is 2.46. The van der Waals surface area contributed by atoms with Crippen molar-refractivity contribution in [3.05, 3.63) is 64.2 Å². The van der Waals surface area contributed by atoms with Crippen LogP contribution >= 0.6 is 27.5 Å². The largest absolute Gasteiger partial charge is 0.497 e. The normalized spacial score (nSPS) is 22.4. The van der Waals surface area contributed by atoms with Crippen LogP contribution < -0.4 is 4.74 Å². The number of Topliss-reactive ketones (excluding diaryl/α,β-unsaturated/α-hetero) is 1. The van der Waals surface area contributed by atoms with Gasteiger partial charge in [-0.3, -0.25) is 4.79 Å². The number of ether oxygens (including phenoxy) is 2. The summed E-state index contributed by atoms with van der Waals surface area (Å²) in [7, 11) is 1.57. The summed E-state index contributed by atoms with van der Waals surface area (Å²) in [6.07, 6.45) is -1.26. The molecular formula is C21H20BrClO5. The van der Waals surface area contributed by atoms with E-state index in [2.05, 4.69) is 15.9 Å². The number of rotatable bonds is 6. The van der Waals surface area contributed by atoms with Crippen molar-refractivity contribution in [2.45, 2.75) is 24.5 Å². The van der Waals surface area contributed by atoms with Crippen molar-refractivity contribution in [1.29, 1.82) is 0 Å². The van der Waals surface area contributed by atoms with E-state index in [1.54, 1.807) is 49.6 Å². The lowest BCUT2D eigenvalue weighted by Gasteiger charge is -2.36. The summed E-state index contributed by atoms with van der Waals surface area (Å²) >= 11 is 9.68. The van der Waals surface area contributed by atoms with Crippen LogP contribution in [0.4, 0.5) is 0 Å². The molecule has 148 valence electrons. The smallest absolute Gasteiger partial charge is 0.333 e. The van der Waals surface area contributed by atoms with E-state index < -0.39 is 18.0 Å². The molecule has 0 aliphatic heterocycles. The number of hydrogen-bond donors (Lipinski definition) is 1. The number of carbonyl (C=O) groups is 2. The molecule has 0 heterocycles. The fourth-order valence-electron chi connectivity index (χ4n) is 3.52. The van der Waals surface area contributed by atoms with Gasteiger partial charge in [0.05, 0.1) is 19.6 Å². The Bertz CT molecular complexity index is 883. The molecule has 7 heteroatoms. The summed E-state index contributed by atoms with van der Waals surface area (Å²) in [4.78, 5) is 24.9. The molecule has 28 heavy (non-hydrogen) atoms. The van der Waals surface area contributed by atoms with Gasteiger partial charge >= 0.3 is 5.97 Å². The van der Waals surface area contributed by atoms with E-state index in [0.717, 1.165) is 11.1 Å². The van der Waals surface area contributed by atoms with Crippen LogP contribution in [-0.2, 0) is 16.1 Å². The molecule has 0 saturated carbocycles. The topological polar surface area (TPSA) is 72.8 Å². The Morgan fingerprint density at radius 3 is 2.54 bits per heavy atom. The van der Waals surface area contributed by atoms with E-state index in [4.69, 9.17) is 21.1 Å². The van der Waals surface area contributed by atoms with Gasteiger partial charge in [0.25, 0.3) is 0 Å². The molecule has 4 atom stereocenters. The Balaban J connectivity index is 1.85. The number of carboxylic acid groups (broad SMARTS) is 1. The number of hydrogen-bond acceptors (Lipinski definition) is 4. The maximum atomic E-state index is 13.1. The van der Waals surface area contributed by atoms with Crippen molar-refractivity contribution in [2.24, 2.45) is 11.8 Å². The molecule has 0 saturated heterocycles. The van der Waals surface area contributed by atoms with Crippen LogP contribution in [0.1, 0.15) is 33.2 Å². The number of fused-ring (bicyclic) bond motifs is 1. The molecule has 2 aromatic rings. The van der Waals surface area contributed by atoms with Gasteiger partial charge in [-0.15, -0.1) is 0 Å². The monoisotopic (exact) mass is 466 g/mol. The first kappa shape index (κ1) is 20.8. The summed E-state index contributed by atoms with van der Waals surface area (Å²) in [6, 6.07) is 12.2. The average Bonchev–Trinajstić information content (AvgIpc) is 2.68. The first-order valence-corrected chi connectivity index (χ1v) is 10.1. The van der Waals surface area contributed by atoms with Crippen LogP contribution in [-0.4, -0.2) is 30.1 Å². The van der Waals surface area contributed by atoms with Gasteiger partial charge in [0.15, 0.2) is 11.9 Å². The van der Waals surface area contributed by atoms with Crippen molar-refractivity contribution in [2.75, 3.05) is 7.11 Å². The van der Waals surface area contributed by atoms with Crippen molar-refractivity contribution in [3.8, 4) is 5.75 Å². The van der Waals surface area contributed by atoms with Crippen molar-refractivity contribution in [1.82, 2.24) is 0 Å². The Hall–Kier alpha value is -1.89. The SMILES string of the molecule is COc1ccc(COC(C(=O)O)C2C(=O)c3ccc(Cl)cc3C(Br)C2C)cc1. The first-order chi connectivity index (χ1) is 13.3. The molecule has 0 aromatic heterocycles. The molecule has 0 bridgehead atoms. The summed E-state index contributed by atoms with van der Waals surface area (Å²) in [5, 5.41) is 10.3. The molecule has 0 fully saturated rings. The lowest BCUT2D eigenvalue weighted by molar-refractivity contribution is -0.155. The maximum Gasteiger partial charge on any atom is 0.333 e.